The first-order valence-corrected chi connectivity index (χ1v) is 10.3. The Kier molecular flexibility index (Phi) is 4.74. The molecule has 7 nitrogen and oxygen atoms in total. The highest BCUT2D eigenvalue weighted by Crippen LogP contribution is 2.60. The fourth-order valence-electron chi connectivity index (χ4n) is 4.18. The zero-order chi connectivity index (χ0) is 22.6. The maximum absolute atomic E-state index is 14.1. The molecule has 32 heavy (non-hydrogen) atoms. The predicted octanol–water partition coefficient (Wildman–Crippen LogP) is 3.99. The normalized spacial score (nSPS) is 20.0. The molecular formula is C22H19ClF2N6O. The van der Waals surface area contributed by atoms with Crippen LogP contribution in [0.4, 0.5) is 8.78 Å². The van der Waals surface area contributed by atoms with E-state index in [2.05, 4.69) is 19.9 Å². The summed E-state index contributed by atoms with van der Waals surface area (Å²) in [6, 6.07) is 5.17. The number of nitrogen functional groups attached to an aromatic ring is 1. The molecule has 1 aromatic carbocycles. The van der Waals surface area contributed by atoms with Crippen LogP contribution in [0.15, 0.2) is 36.7 Å². The Bertz CT molecular complexity index is 1340. The van der Waals surface area contributed by atoms with E-state index in [9.17, 15) is 8.78 Å². The number of pyridine rings is 1. The Morgan fingerprint density at radius 1 is 1.12 bits per heavy atom. The van der Waals surface area contributed by atoms with Crippen molar-refractivity contribution in [3.8, 4) is 5.75 Å². The van der Waals surface area contributed by atoms with Gasteiger partial charge in [0.05, 0.1) is 23.5 Å². The van der Waals surface area contributed by atoms with E-state index in [4.69, 9.17) is 22.2 Å². The van der Waals surface area contributed by atoms with Crippen molar-refractivity contribution in [3.63, 3.8) is 0 Å². The van der Waals surface area contributed by atoms with Gasteiger partial charge >= 0.3 is 0 Å². The maximum atomic E-state index is 14.1. The quantitative estimate of drug-likeness (QED) is 0.456. The summed E-state index contributed by atoms with van der Waals surface area (Å²) in [6.07, 6.45) is 3.63. The average Bonchev–Trinajstić information content (AvgIpc) is 3.38. The van der Waals surface area contributed by atoms with Gasteiger partial charge in [-0.15, -0.1) is 0 Å². The molecule has 1 fully saturated rings. The van der Waals surface area contributed by atoms with Gasteiger partial charge in [0.25, 0.3) is 0 Å². The van der Waals surface area contributed by atoms with Gasteiger partial charge in [-0.25, -0.2) is 33.4 Å². The topological polar surface area (TPSA) is 91.7 Å². The monoisotopic (exact) mass is 456 g/mol. The number of ether oxygens (including phenoxy) is 1. The van der Waals surface area contributed by atoms with Crippen LogP contribution < -0.4 is 10.6 Å². The molecule has 5 rings (SSSR count). The lowest BCUT2D eigenvalue weighted by Gasteiger charge is -2.20. The lowest BCUT2D eigenvalue weighted by molar-refractivity contribution is 0.268. The van der Waals surface area contributed by atoms with Crippen LogP contribution in [-0.4, -0.2) is 31.2 Å². The summed E-state index contributed by atoms with van der Waals surface area (Å²) in [5.74, 6) is 6.42. The smallest absolute Gasteiger partial charge is 0.180 e. The molecule has 1 aliphatic carbocycles. The number of aryl methyl sites for hydroxylation is 2. The average molecular weight is 457 g/mol. The molecule has 164 valence electrons. The van der Waals surface area contributed by atoms with Crippen LogP contribution in [0.3, 0.4) is 0 Å². The van der Waals surface area contributed by atoms with Crippen molar-refractivity contribution in [1.29, 1.82) is 0 Å². The summed E-state index contributed by atoms with van der Waals surface area (Å²) < 4.78 is 35.7. The summed E-state index contributed by atoms with van der Waals surface area (Å²) in [5, 5.41) is 0.433. The number of aromatic nitrogens is 5. The van der Waals surface area contributed by atoms with Gasteiger partial charge in [0.1, 0.15) is 28.8 Å². The van der Waals surface area contributed by atoms with Crippen molar-refractivity contribution in [2.24, 2.45) is 0 Å². The minimum atomic E-state index is -0.734. The summed E-state index contributed by atoms with van der Waals surface area (Å²) in [5.41, 5.74) is 1.44. The van der Waals surface area contributed by atoms with E-state index in [1.165, 1.54) is 23.0 Å². The van der Waals surface area contributed by atoms with Gasteiger partial charge in [-0.1, -0.05) is 11.6 Å². The van der Waals surface area contributed by atoms with Crippen molar-refractivity contribution in [1.82, 2.24) is 24.6 Å². The molecular weight excluding hydrogens is 438 g/mol. The Hall–Kier alpha value is -3.33. The van der Waals surface area contributed by atoms with Crippen LogP contribution in [0.25, 0.3) is 11.2 Å². The van der Waals surface area contributed by atoms with Gasteiger partial charge in [0.15, 0.2) is 11.4 Å². The molecule has 1 saturated carbocycles. The second-order valence-electron chi connectivity index (χ2n) is 8.06. The largest absolute Gasteiger partial charge is 0.489 e. The molecule has 0 spiro atoms. The fourth-order valence-corrected chi connectivity index (χ4v) is 4.34. The van der Waals surface area contributed by atoms with Gasteiger partial charge in [-0.3, -0.25) is 0 Å². The third-order valence-corrected chi connectivity index (χ3v) is 6.11. The fraction of sp³-hybridized carbons (Fsp3) is 0.273. The van der Waals surface area contributed by atoms with Gasteiger partial charge < -0.3 is 10.6 Å². The number of fused-ring (bicyclic) bond motifs is 1. The Labute approximate surface area is 187 Å². The van der Waals surface area contributed by atoms with Gasteiger partial charge in [0.2, 0.25) is 0 Å². The minimum Gasteiger partial charge on any atom is -0.489 e. The van der Waals surface area contributed by atoms with Crippen LogP contribution >= 0.6 is 11.6 Å². The van der Waals surface area contributed by atoms with Gasteiger partial charge in [0, 0.05) is 23.6 Å². The van der Waals surface area contributed by atoms with Crippen LogP contribution in [0, 0.1) is 25.5 Å². The molecule has 0 aliphatic heterocycles. The van der Waals surface area contributed by atoms with E-state index in [0.717, 1.165) is 6.07 Å². The molecule has 2 N–H and O–H groups in total. The van der Waals surface area contributed by atoms with Crippen LogP contribution in [-0.2, 0) is 5.41 Å². The first-order valence-electron chi connectivity index (χ1n) is 9.95. The Morgan fingerprint density at radius 3 is 2.59 bits per heavy atom. The summed E-state index contributed by atoms with van der Waals surface area (Å²) in [7, 11) is 0. The molecule has 1 aliphatic rings. The molecule has 10 heteroatoms. The highest BCUT2D eigenvalue weighted by molar-refractivity contribution is 6.31. The van der Waals surface area contributed by atoms with Crippen molar-refractivity contribution in [2.45, 2.75) is 31.6 Å². The lowest BCUT2D eigenvalue weighted by Crippen LogP contribution is -2.23. The van der Waals surface area contributed by atoms with Crippen LogP contribution in [0.5, 0.6) is 5.75 Å². The molecule has 3 heterocycles. The van der Waals surface area contributed by atoms with Crippen LogP contribution in [0.2, 0.25) is 5.02 Å². The summed E-state index contributed by atoms with van der Waals surface area (Å²) >= 11 is 6.05. The van der Waals surface area contributed by atoms with E-state index in [1.54, 1.807) is 19.2 Å². The van der Waals surface area contributed by atoms with Crippen LogP contribution in [0.1, 0.15) is 35.2 Å². The minimum absolute atomic E-state index is 0.144. The number of hydrogen-bond donors (Lipinski definition) is 1. The number of nitrogens with two attached hydrogens (primary N) is 1. The maximum Gasteiger partial charge on any atom is 0.180 e. The molecule has 4 aromatic rings. The molecule has 3 aromatic heterocycles. The van der Waals surface area contributed by atoms with Crippen molar-refractivity contribution in [3.05, 3.63) is 76.2 Å². The van der Waals surface area contributed by atoms with Gasteiger partial charge in [-0.2, -0.15) is 0 Å². The molecule has 2 atom stereocenters. The van der Waals surface area contributed by atoms with E-state index < -0.39 is 17.0 Å². The third-order valence-electron chi connectivity index (χ3n) is 5.91. The molecule has 0 amide bonds. The van der Waals surface area contributed by atoms with Crippen molar-refractivity contribution < 1.29 is 13.5 Å². The SMILES string of the molecule is Cc1ncc(OC[C@@]2(c3cc(F)cc(F)c3)C[C@H]2c2nc3ncc(Cl)cc3n2N)c(C)n1. The number of nitrogens with zero attached hydrogens (tertiary/aromatic N) is 5. The molecule has 0 radical (unpaired) electrons. The molecule has 0 bridgehead atoms. The first kappa shape index (κ1) is 20.6. The highest BCUT2D eigenvalue weighted by atomic mass is 35.5. The molecule has 0 saturated heterocycles. The highest BCUT2D eigenvalue weighted by Gasteiger charge is 2.59. The zero-order valence-electron chi connectivity index (χ0n) is 17.3. The number of imidazole rings is 1. The second-order valence-corrected chi connectivity index (χ2v) is 8.50. The summed E-state index contributed by atoms with van der Waals surface area (Å²) in [4.78, 5) is 17.3. The number of benzene rings is 1. The number of hydrogen-bond acceptors (Lipinski definition) is 6. The lowest BCUT2D eigenvalue weighted by atomic mass is 9.93. The van der Waals surface area contributed by atoms with E-state index in [-0.39, 0.29) is 12.5 Å². The molecule has 0 unspecified atom stereocenters. The second kappa shape index (κ2) is 7.37. The number of halogens is 3. The van der Waals surface area contributed by atoms with Gasteiger partial charge in [-0.05, 0) is 44.0 Å². The Morgan fingerprint density at radius 2 is 1.88 bits per heavy atom. The summed E-state index contributed by atoms with van der Waals surface area (Å²) in [6.45, 7) is 3.75. The van der Waals surface area contributed by atoms with E-state index >= 15 is 0 Å². The standard InChI is InChI=1S/C22H19ClF2N6O/c1-11-19(9-27-12(2)29-11)32-10-22(13-3-15(24)6-16(25)4-13)7-17(22)21-30-20-18(31(21)26)5-14(23)8-28-20/h3-6,8-9,17H,7,10,26H2,1-2H3/t17-,22+/m0/s1. The van der Waals surface area contributed by atoms with Crippen molar-refractivity contribution >= 4 is 22.8 Å². The number of rotatable bonds is 5. The van der Waals surface area contributed by atoms with E-state index in [0.29, 0.717) is 51.3 Å². The predicted molar refractivity (Wildman–Crippen MR) is 115 cm³/mol. The van der Waals surface area contributed by atoms with Crippen molar-refractivity contribution in [2.75, 3.05) is 12.4 Å². The Balaban J connectivity index is 1.55. The first-order chi connectivity index (χ1) is 15.3. The third kappa shape index (κ3) is 3.42. The zero-order valence-corrected chi connectivity index (χ0v) is 18.1. The van der Waals surface area contributed by atoms with E-state index in [1.807, 2.05) is 6.92 Å².